The van der Waals surface area contributed by atoms with Crippen LogP contribution < -0.4 is 14.2 Å². The standard InChI is InChI=1S/C19H23N3O5S/c1-14-10-19(21-13-20-14)27-12-15-4-6-22(7-5-15)28(23,24)16-2-3-17-18(11-16)26-9-8-25-17/h2-3,10-11,13,15H,4-9,12H2,1H3. The second kappa shape index (κ2) is 7.92. The lowest BCUT2D eigenvalue weighted by Gasteiger charge is -2.31. The Balaban J connectivity index is 1.36. The molecule has 4 rings (SSSR count). The molecule has 0 bridgehead atoms. The zero-order chi connectivity index (χ0) is 19.6. The Labute approximate surface area is 164 Å². The molecule has 0 unspecified atom stereocenters. The molecule has 0 atom stereocenters. The summed E-state index contributed by atoms with van der Waals surface area (Å²) < 4.78 is 44.2. The van der Waals surface area contributed by atoms with E-state index in [1.807, 2.05) is 6.92 Å². The van der Waals surface area contributed by atoms with Crippen LogP contribution in [0.2, 0.25) is 0 Å². The van der Waals surface area contributed by atoms with E-state index in [2.05, 4.69) is 9.97 Å². The summed E-state index contributed by atoms with van der Waals surface area (Å²) in [6.07, 6.45) is 2.97. The largest absolute Gasteiger partial charge is 0.486 e. The normalized spacial score (nSPS) is 18.0. The Morgan fingerprint density at radius 2 is 1.86 bits per heavy atom. The molecule has 0 aliphatic carbocycles. The lowest BCUT2D eigenvalue weighted by molar-refractivity contribution is 0.170. The Morgan fingerprint density at radius 3 is 2.61 bits per heavy atom. The third-order valence-corrected chi connectivity index (χ3v) is 6.87. The van der Waals surface area contributed by atoms with Gasteiger partial charge in [-0.05, 0) is 37.8 Å². The first-order chi connectivity index (χ1) is 13.5. The summed E-state index contributed by atoms with van der Waals surface area (Å²) in [5.41, 5.74) is 0.852. The topological polar surface area (TPSA) is 90.9 Å². The maximum atomic E-state index is 13.0. The first-order valence-corrected chi connectivity index (χ1v) is 10.8. The molecule has 1 aromatic heterocycles. The zero-order valence-electron chi connectivity index (χ0n) is 15.7. The summed E-state index contributed by atoms with van der Waals surface area (Å²) in [6.45, 7) is 4.24. The van der Waals surface area contributed by atoms with Crippen molar-refractivity contribution in [1.29, 1.82) is 0 Å². The number of benzene rings is 1. The molecule has 1 saturated heterocycles. The highest BCUT2D eigenvalue weighted by Crippen LogP contribution is 2.34. The quantitative estimate of drug-likeness (QED) is 0.752. The summed E-state index contributed by atoms with van der Waals surface area (Å²) in [7, 11) is -3.56. The Kier molecular flexibility index (Phi) is 5.36. The van der Waals surface area contributed by atoms with Gasteiger partial charge in [-0.2, -0.15) is 4.31 Å². The average Bonchev–Trinajstić information content (AvgIpc) is 2.72. The lowest BCUT2D eigenvalue weighted by Crippen LogP contribution is -2.39. The third-order valence-electron chi connectivity index (χ3n) is 4.97. The summed E-state index contributed by atoms with van der Waals surface area (Å²) in [5.74, 6) is 1.91. The van der Waals surface area contributed by atoms with E-state index in [0.29, 0.717) is 56.2 Å². The number of sulfonamides is 1. The van der Waals surface area contributed by atoms with E-state index in [1.54, 1.807) is 24.3 Å². The Hall–Kier alpha value is -2.39. The fourth-order valence-corrected chi connectivity index (χ4v) is 4.85. The molecule has 2 aliphatic rings. The van der Waals surface area contributed by atoms with Gasteiger partial charge in [0.2, 0.25) is 15.9 Å². The van der Waals surface area contributed by atoms with Crippen molar-refractivity contribution < 1.29 is 22.6 Å². The van der Waals surface area contributed by atoms with E-state index in [-0.39, 0.29) is 4.90 Å². The van der Waals surface area contributed by atoms with Crippen molar-refractivity contribution in [2.45, 2.75) is 24.7 Å². The van der Waals surface area contributed by atoms with Gasteiger partial charge in [-0.25, -0.2) is 18.4 Å². The van der Waals surface area contributed by atoms with Crippen molar-refractivity contribution in [3.63, 3.8) is 0 Å². The number of hydrogen-bond donors (Lipinski definition) is 0. The lowest BCUT2D eigenvalue weighted by atomic mass is 9.99. The van der Waals surface area contributed by atoms with Crippen LogP contribution in [0.3, 0.4) is 0 Å². The predicted molar refractivity (Wildman–Crippen MR) is 101 cm³/mol. The highest BCUT2D eigenvalue weighted by Gasteiger charge is 2.30. The van der Waals surface area contributed by atoms with Crippen LogP contribution in [0, 0.1) is 12.8 Å². The summed E-state index contributed by atoms with van der Waals surface area (Å²) in [4.78, 5) is 8.38. The molecule has 3 heterocycles. The number of ether oxygens (including phenoxy) is 3. The molecule has 8 nitrogen and oxygen atoms in total. The molecule has 0 radical (unpaired) electrons. The summed E-state index contributed by atoms with van der Waals surface area (Å²) in [5, 5.41) is 0. The van der Waals surface area contributed by atoms with Gasteiger partial charge < -0.3 is 14.2 Å². The van der Waals surface area contributed by atoms with Gasteiger partial charge in [0.05, 0.1) is 11.5 Å². The average molecular weight is 405 g/mol. The first-order valence-electron chi connectivity index (χ1n) is 9.33. The zero-order valence-corrected chi connectivity index (χ0v) is 16.5. The molecule has 1 fully saturated rings. The molecule has 0 spiro atoms. The highest BCUT2D eigenvalue weighted by molar-refractivity contribution is 7.89. The predicted octanol–water partition coefficient (Wildman–Crippen LogP) is 2.04. The van der Waals surface area contributed by atoms with Crippen molar-refractivity contribution in [3.8, 4) is 17.4 Å². The van der Waals surface area contributed by atoms with Gasteiger partial charge in [0, 0.05) is 30.9 Å². The summed E-state index contributed by atoms with van der Waals surface area (Å²) >= 11 is 0. The molecule has 0 saturated carbocycles. The molecular formula is C19H23N3O5S. The molecule has 0 N–H and O–H groups in total. The van der Waals surface area contributed by atoms with Crippen LogP contribution in [0.25, 0.3) is 0 Å². The molecule has 150 valence electrons. The fourth-order valence-electron chi connectivity index (χ4n) is 3.36. The fraction of sp³-hybridized carbons (Fsp3) is 0.474. The van der Waals surface area contributed by atoms with Gasteiger partial charge >= 0.3 is 0 Å². The molecule has 2 aromatic rings. The number of hydrogen-bond acceptors (Lipinski definition) is 7. The monoisotopic (exact) mass is 405 g/mol. The van der Waals surface area contributed by atoms with Crippen LogP contribution >= 0.6 is 0 Å². The molecule has 0 amide bonds. The third kappa shape index (κ3) is 4.05. The minimum atomic E-state index is -3.56. The van der Waals surface area contributed by atoms with E-state index in [1.165, 1.54) is 10.6 Å². The smallest absolute Gasteiger partial charge is 0.243 e. The van der Waals surface area contributed by atoms with Gasteiger partial charge in [0.25, 0.3) is 0 Å². The van der Waals surface area contributed by atoms with E-state index in [9.17, 15) is 8.42 Å². The maximum absolute atomic E-state index is 13.0. The van der Waals surface area contributed by atoms with E-state index in [0.717, 1.165) is 18.5 Å². The number of nitrogens with zero attached hydrogens (tertiary/aromatic N) is 3. The van der Waals surface area contributed by atoms with Crippen molar-refractivity contribution in [3.05, 3.63) is 36.3 Å². The van der Waals surface area contributed by atoms with E-state index >= 15 is 0 Å². The summed E-state index contributed by atoms with van der Waals surface area (Å²) in [6, 6.07) is 6.58. The van der Waals surface area contributed by atoms with Crippen molar-refractivity contribution in [2.75, 3.05) is 32.9 Å². The highest BCUT2D eigenvalue weighted by atomic mass is 32.2. The van der Waals surface area contributed by atoms with Crippen molar-refractivity contribution in [2.24, 2.45) is 5.92 Å². The number of piperidine rings is 1. The Bertz CT molecular complexity index is 942. The van der Waals surface area contributed by atoms with Crippen LogP contribution in [0.15, 0.2) is 35.5 Å². The van der Waals surface area contributed by atoms with Gasteiger partial charge in [0.15, 0.2) is 11.5 Å². The van der Waals surface area contributed by atoms with Gasteiger partial charge in [-0.3, -0.25) is 0 Å². The Morgan fingerprint density at radius 1 is 1.11 bits per heavy atom. The van der Waals surface area contributed by atoms with Gasteiger partial charge in [-0.15, -0.1) is 0 Å². The van der Waals surface area contributed by atoms with Crippen molar-refractivity contribution in [1.82, 2.24) is 14.3 Å². The molecule has 2 aliphatic heterocycles. The minimum absolute atomic E-state index is 0.239. The number of aromatic nitrogens is 2. The number of rotatable bonds is 5. The van der Waals surface area contributed by atoms with E-state index < -0.39 is 10.0 Å². The molecule has 28 heavy (non-hydrogen) atoms. The van der Waals surface area contributed by atoms with Gasteiger partial charge in [0.1, 0.15) is 19.5 Å². The van der Waals surface area contributed by atoms with Crippen LogP contribution in [0.4, 0.5) is 0 Å². The second-order valence-corrected chi connectivity index (χ2v) is 8.90. The van der Waals surface area contributed by atoms with Crippen molar-refractivity contribution >= 4 is 10.0 Å². The SMILES string of the molecule is Cc1cc(OCC2CCN(S(=O)(=O)c3ccc4c(c3)OCCO4)CC2)ncn1. The second-order valence-electron chi connectivity index (χ2n) is 6.96. The molecule has 9 heteroatoms. The first kappa shape index (κ1) is 18.9. The van der Waals surface area contributed by atoms with Crippen LogP contribution in [-0.4, -0.2) is 55.6 Å². The minimum Gasteiger partial charge on any atom is -0.486 e. The molecule has 1 aromatic carbocycles. The van der Waals surface area contributed by atoms with E-state index in [4.69, 9.17) is 14.2 Å². The number of fused-ring (bicyclic) bond motifs is 1. The van der Waals surface area contributed by atoms with Crippen LogP contribution in [0.5, 0.6) is 17.4 Å². The van der Waals surface area contributed by atoms with Crippen LogP contribution in [-0.2, 0) is 10.0 Å². The number of aryl methyl sites for hydroxylation is 1. The van der Waals surface area contributed by atoms with Crippen LogP contribution in [0.1, 0.15) is 18.5 Å². The van der Waals surface area contributed by atoms with Gasteiger partial charge in [-0.1, -0.05) is 0 Å². The maximum Gasteiger partial charge on any atom is 0.243 e. The molecular weight excluding hydrogens is 382 g/mol.